The van der Waals surface area contributed by atoms with Crippen LogP contribution in [-0.4, -0.2) is 35.8 Å². The van der Waals surface area contributed by atoms with Crippen LogP contribution in [0.25, 0.3) is 17.0 Å². The topological polar surface area (TPSA) is 85.1 Å². The molecule has 1 N–H and O–H groups in total. The van der Waals surface area contributed by atoms with Crippen LogP contribution < -0.4 is 5.32 Å². The van der Waals surface area contributed by atoms with Crippen LogP contribution in [0.5, 0.6) is 0 Å². The van der Waals surface area contributed by atoms with E-state index < -0.39 is 0 Å². The highest BCUT2D eigenvalue weighted by Crippen LogP contribution is 2.39. The van der Waals surface area contributed by atoms with Gasteiger partial charge in [-0.25, -0.2) is 19.9 Å². The van der Waals surface area contributed by atoms with E-state index in [0.717, 1.165) is 18.5 Å². The monoisotopic (exact) mass is 336 g/mol. The van der Waals surface area contributed by atoms with Gasteiger partial charge in [0.15, 0.2) is 11.3 Å². The van der Waals surface area contributed by atoms with Gasteiger partial charge in [-0.1, -0.05) is 0 Å². The molecule has 25 heavy (non-hydrogen) atoms. The van der Waals surface area contributed by atoms with Gasteiger partial charge in [-0.05, 0) is 51.7 Å². The van der Waals surface area contributed by atoms with Gasteiger partial charge < -0.3 is 5.32 Å². The summed E-state index contributed by atoms with van der Waals surface area (Å²) in [5, 5.41) is 3.11. The maximum atomic E-state index is 12.8. The largest absolute Gasteiger partial charge is 0.345 e. The normalized spacial score (nSPS) is 14.7. The van der Waals surface area contributed by atoms with Gasteiger partial charge in [-0.15, -0.1) is 0 Å². The number of nitrogens with one attached hydrogen (secondary N) is 1. The second-order valence-corrected chi connectivity index (χ2v) is 7.11. The molecule has 3 aromatic rings. The van der Waals surface area contributed by atoms with E-state index >= 15 is 0 Å². The first kappa shape index (κ1) is 15.7. The van der Waals surface area contributed by atoms with Gasteiger partial charge >= 0.3 is 0 Å². The molecule has 1 aliphatic carbocycles. The molecule has 1 aliphatic rings. The fraction of sp³-hybridized carbons (Fsp3) is 0.389. The summed E-state index contributed by atoms with van der Waals surface area (Å²) in [6.07, 6.45) is 7.11. The van der Waals surface area contributed by atoms with Crippen molar-refractivity contribution >= 4 is 11.6 Å². The highest BCUT2D eigenvalue weighted by Gasteiger charge is 2.39. The smallest absolute Gasteiger partial charge is 0.274 e. The summed E-state index contributed by atoms with van der Waals surface area (Å²) in [6, 6.07) is 3.72. The number of hydrogen-bond donors (Lipinski definition) is 1. The third-order valence-electron chi connectivity index (χ3n) is 4.79. The molecule has 1 saturated carbocycles. The van der Waals surface area contributed by atoms with E-state index in [0.29, 0.717) is 28.6 Å². The van der Waals surface area contributed by atoms with Crippen molar-refractivity contribution in [1.82, 2.24) is 29.7 Å². The fourth-order valence-electron chi connectivity index (χ4n) is 3.11. The number of aryl methyl sites for hydroxylation is 1. The van der Waals surface area contributed by atoms with E-state index in [-0.39, 0.29) is 11.4 Å². The SMILES string of the molecule is Cc1cc(-c2ccncn2)nc2c(C(=O)NC(C)(C)C3CC3)ncn12. The summed E-state index contributed by atoms with van der Waals surface area (Å²) in [5.41, 5.74) is 3.00. The Morgan fingerprint density at radius 3 is 2.76 bits per heavy atom. The third-order valence-corrected chi connectivity index (χ3v) is 4.79. The lowest BCUT2D eigenvalue weighted by Gasteiger charge is -2.25. The molecule has 4 rings (SSSR count). The Morgan fingerprint density at radius 1 is 1.28 bits per heavy atom. The van der Waals surface area contributed by atoms with Crippen LogP contribution in [0, 0.1) is 12.8 Å². The molecular weight excluding hydrogens is 316 g/mol. The van der Waals surface area contributed by atoms with Gasteiger partial charge in [0.2, 0.25) is 0 Å². The average Bonchev–Trinajstić information content (AvgIpc) is 3.36. The molecule has 0 aliphatic heterocycles. The number of hydrogen-bond acceptors (Lipinski definition) is 5. The molecule has 1 fully saturated rings. The van der Waals surface area contributed by atoms with Gasteiger partial charge in [-0.3, -0.25) is 9.20 Å². The van der Waals surface area contributed by atoms with Crippen molar-refractivity contribution in [3.05, 3.63) is 42.4 Å². The van der Waals surface area contributed by atoms with Crippen LogP contribution in [0.15, 0.2) is 31.0 Å². The van der Waals surface area contributed by atoms with Crippen molar-refractivity contribution < 1.29 is 4.79 Å². The highest BCUT2D eigenvalue weighted by molar-refractivity contribution is 5.98. The zero-order valence-corrected chi connectivity index (χ0v) is 14.5. The number of aromatic nitrogens is 5. The summed E-state index contributed by atoms with van der Waals surface area (Å²) in [5.74, 6) is 0.350. The zero-order valence-electron chi connectivity index (χ0n) is 14.5. The predicted octanol–water partition coefficient (Wildman–Crippen LogP) is 2.41. The Hall–Kier alpha value is -2.83. The van der Waals surface area contributed by atoms with Gasteiger partial charge in [0.1, 0.15) is 12.7 Å². The zero-order chi connectivity index (χ0) is 17.6. The quantitative estimate of drug-likeness (QED) is 0.791. The molecule has 0 atom stereocenters. The summed E-state index contributed by atoms with van der Waals surface area (Å²) >= 11 is 0. The summed E-state index contributed by atoms with van der Waals surface area (Å²) in [4.78, 5) is 29.9. The second kappa shape index (κ2) is 5.61. The van der Waals surface area contributed by atoms with E-state index in [4.69, 9.17) is 0 Å². The minimum Gasteiger partial charge on any atom is -0.345 e. The molecular formula is C18H20N6O. The number of carbonyl (C=O) groups is 1. The summed E-state index contributed by atoms with van der Waals surface area (Å²) in [6.45, 7) is 6.08. The molecule has 0 saturated heterocycles. The molecule has 0 spiro atoms. The Bertz CT molecular complexity index is 943. The number of nitrogens with zero attached hydrogens (tertiary/aromatic N) is 5. The fourth-order valence-corrected chi connectivity index (χ4v) is 3.11. The van der Waals surface area contributed by atoms with Crippen molar-refractivity contribution in [2.75, 3.05) is 0 Å². The van der Waals surface area contributed by atoms with Gasteiger partial charge in [0, 0.05) is 17.4 Å². The number of carbonyl (C=O) groups excluding carboxylic acids is 1. The first-order valence-electron chi connectivity index (χ1n) is 8.39. The van der Waals surface area contributed by atoms with E-state index in [1.807, 2.05) is 17.4 Å². The minimum absolute atomic E-state index is 0.189. The van der Waals surface area contributed by atoms with Crippen molar-refractivity contribution in [2.45, 2.75) is 39.2 Å². The lowest BCUT2D eigenvalue weighted by Crippen LogP contribution is -2.45. The van der Waals surface area contributed by atoms with Crippen molar-refractivity contribution in [3.8, 4) is 11.4 Å². The van der Waals surface area contributed by atoms with Crippen molar-refractivity contribution in [1.29, 1.82) is 0 Å². The van der Waals surface area contributed by atoms with Crippen molar-refractivity contribution in [3.63, 3.8) is 0 Å². The number of rotatable bonds is 4. The van der Waals surface area contributed by atoms with Gasteiger partial charge in [0.25, 0.3) is 5.91 Å². The molecule has 0 bridgehead atoms. The Morgan fingerprint density at radius 2 is 2.08 bits per heavy atom. The van der Waals surface area contributed by atoms with Gasteiger partial charge in [-0.2, -0.15) is 0 Å². The maximum Gasteiger partial charge on any atom is 0.274 e. The standard InChI is InChI=1S/C18H20N6O/c1-11-8-14(13-6-7-19-9-20-13)22-16-15(21-10-24(11)16)17(25)23-18(2,3)12-4-5-12/h6-10,12H,4-5H2,1-3H3,(H,23,25). The molecule has 0 radical (unpaired) electrons. The Kier molecular flexibility index (Phi) is 3.52. The van der Waals surface area contributed by atoms with Crippen LogP contribution in [0.3, 0.4) is 0 Å². The first-order chi connectivity index (χ1) is 12.0. The Labute approximate surface area is 145 Å². The maximum absolute atomic E-state index is 12.8. The molecule has 128 valence electrons. The van der Waals surface area contributed by atoms with Crippen LogP contribution in [0.1, 0.15) is 42.9 Å². The van der Waals surface area contributed by atoms with E-state index in [1.165, 1.54) is 6.33 Å². The number of amides is 1. The number of fused-ring (bicyclic) bond motifs is 1. The van der Waals surface area contributed by atoms with Crippen molar-refractivity contribution in [2.24, 2.45) is 5.92 Å². The molecule has 0 unspecified atom stereocenters. The van der Waals surface area contributed by atoms with Crippen LogP contribution in [0.2, 0.25) is 0 Å². The lowest BCUT2D eigenvalue weighted by atomic mass is 9.98. The molecule has 7 nitrogen and oxygen atoms in total. The van der Waals surface area contributed by atoms with E-state index in [9.17, 15) is 4.79 Å². The summed E-state index contributed by atoms with van der Waals surface area (Å²) < 4.78 is 1.82. The predicted molar refractivity (Wildman–Crippen MR) is 93.0 cm³/mol. The average molecular weight is 336 g/mol. The first-order valence-corrected chi connectivity index (χ1v) is 8.39. The van der Waals surface area contributed by atoms with E-state index in [1.54, 1.807) is 18.6 Å². The molecule has 7 heteroatoms. The second-order valence-electron chi connectivity index (χ2n) is 7.11. The molecule has 3 aromatic heterocycles. The Balaban J connectivity index is 1.75. The third kappa shape index (κ3) is 2.86. The van der Waals surface area contributed by atoms with Crippen LogP contribution >= 0.6 is 0 Å². The molecule has 3 heterocycles. The lowest BCUT2D eigenvalue weighted by molar-refractivity contribution is 0.0900. The summed E-state index contributed by atoms with van der Waals surface area (Å²) in [7, 11) is 0. The van der Waals surface area contributed by atoms with Crippen LogP contribution in [-0.2, 0) is 0 Å². The van der Waals surface area contributed by atoms with Crippen LogP contribution in [0.4, 0.5) is 0 Å². The number of imidazole rings is 1. The van der Waals surface area contributed by atoms with E-state index in [2.05, 4.69) is 39.1 Å². The van der Waals surface area contributed by atoms with Gasteiger partial charge in [0.05, 0.1) is 11.4 Å². The molecule has 0 aromatic carbocycles. The highest BCUT2D eigenvalue weighted by atomic mass is 16.2. The molecule has 1 amide bonds. The minimum atomic E-state index is -0.230.